The Labute approximate surface area is 97.3 Å². The van der Waals surface area contributed by atoms with Crippen molar-refractivity contribution in [1.29, 1.82) is 0 Å². The van der Waals surface area contributed by atoms with E-state index in [2.05, 4.69) is 0 Å². The second-order valence-electron chi connectivity index (χ2n) is 3.54. The first kappa shape index (κ1) is 13.0. The maximum Gasteiger partial charge on any atom is 0.336 e. The molecule has 0 aliphatic carbocycles. The Bertz CT molecular complexity index is 381. The van der Waals surface area contributed by atoms with Gasteiger partial charge in [0, 0.05) is 17.3 Å². The highest BCUT2D eigenvalue weighted by atomic mass is 32.2. The first-order valence-electron chi connectivity index (χ1n) is 4.81. The van der Waals surface area contributed by atoms with Crippen molar-refractivity contribution in [3.8, 4) is 0 Å². The Hall–Kier alpha value is -1.07. The molecule has 16 heavy (non-hydrogen) atoms. The number of carboxylic acids is 1. The average Bonchev–Trinajstić information content (AvgIpc) is 2.26. The molecule has 0 heterocycles. The molecule has 1 unspecified atom stereocenters. The summed E-state index contributed by atoms with van der Waals surface area (Å²) in [6.45, 7) is 1.91. The van der Waals surface area contributed by atoms with Gasteiger partial charge in [-0.15, -0.1) is 11.8 Å². The topological polar surface area (TPSA) is 57.5 Å². The van der Waals surface area contributed by atoms with Crippen LogP contribution >= 0.6 is 11.8 Å². The van der Waals surface area contributed by atoms with Crippen molar-refractivity contribution in [3.63, 3.8) is 0 Å². The quantitative estimate of drug-likeness (QED) is 0.780. The van der Waals surface area contributed by atoms with E-state index in [1.54, 1.807) is 0 Å². The molecular weight excluding hydrogens is 231 g/mol. The predicted molar refractivity (Wildman–Crippen MR) is 60.3 cm³/mol. The normalized spacial score (nSPS) is 12.4. The molecule has 1 aromatic rings. The molecule has 0 aliphatic rings. The lowest BCUT2D eigenvalue weighted by atomic mass is 10.2. The van der Waals surface area contributed by atoms with Gasteiger partial charge >= 0.3 is 5.97 Å². The number of carboxylic acid groups (broad SMARTS) is 1. The Morgan fingerprint density at radius 1 is 1.56 bits per heavy atom. The van der Waals surface area contributed by atoms with Crippen molar-refractivity contribution in [1.82, 2.24) is 0 Å². The van der Waals surface area contributed by atoms with Crippen LogP contribution in [-0.4, -0.2) is 28.5 Å². The summed E-state index contributed by atoms with van der Waals surface area (Å²) in [5.41, 5.74) is -0.0323. The molecule has 0 aromatic heterocycles. The van der Waals surface area contributed by atoms with Crippen LogP contribution < -0.4 is 0 Å². The summed E-state index contributed by atoms with van der Waals surface area (Å²) in [4.78, 5) is 11.4. The Morgan fingerprint density at radius 2 is 2.25 bits per heavy atom. The van der Waals surface area contributed by atoms with Gasteiger partial charge in [-0.1, -0.05) is 6.92 Å². The summed E-state index contributed by atoms with van der Waals surface area (Å²) in [5.74, 6) is -1.02. The van der Waals surface area contributed by atoms with Gasteiger partial charge in [-0.25, -0.2) is 9.18 Å². The fourth-order valence-electron chi connectivity index (χ4n) is 1.08. The molecule has 0 aliphatic heterocycles. The van der Waals surface area contributed by atoms with Gasteiger partial charge in [0.25, 0.3) is 0 Å². The predicted octanol–water partition coefficient (Wildman–Crippen LogP) is 2.24. The van der Waals surface area contributed by atoms with Crippen molar-refractivity contribution < 1.29 is 19.4 Å². The van der Waals surface area contributed by atoms with Crippen LogP contribution in [0.2, 0.25) is 0 Å². The number of aliphatic hydroxyl groups excluding tert-OH is 1. The van der Waals surface area contributed by atoms with Gasteiger partial charge in [0.1, 0.15) is 5.82 Å². The third-order valence-corrected chi connectivity index (χ3v) is 3.41. The van der Waals surface area contributed by atoms with E-state index in [-0.39, 0.29) is 18.1 Å². The van der Waals surface area contributed by atoms with Gasteiger partial charge < -0.3 is 10.2 Å². The van der Waals surface area contributed by atoms with Crippen LogP contribution in [0.3, 0.4) is 0 Å². The van der Waals surface area contributed by atoms with E-state index in [4.69, 9.17) is 10.2 Å². The third kappa shape index (κ3) is 3.50. The highest BCUT2D eigenvalue weighted by Gasteiger charge is 2.12. The zero-order chi connectivity index (χ0) is 12.1. The van der Waals surface area contributed by atoms with Gasteiger partial charge in [-0.3, -0.25) is 0 Å². The molecule has 0 bridgehead atoms. The van der Waals surface area contributed by atoms with E-state index in [0.29, 0.717) is 10.6 Å². The highest BCUT2D eigenvalue weighted by molar-refractivity contribution is 7.99. The minimum atomic E-state index is -1.14. The van der Waals surface area contributed by atoms with Gasteiger partial charge in [0.05, 0.1) is 5.56 Å². The molecule has 1 rings (SSSR count). The van der Waals surface area contributed by atoms with Crippen LogP contribution in [0.1, 0.15) is 17.3 Å². The van der Waals surface area contributed by atoms with Crippen molar-refractivity contribution in [2.24, 2.45) is 5.92 Å². The number of halogens is 1. The van der Waals surface area contributed by atoms with Crippen molar-refractivity contribution >= 4 is 17.7 Å². The minimum Gasteiger partial charge on any atom is -0.478 e. The second-order valence-corrected chi connectivity index (χ2v) is 4.61. The lowest BCUT2D eigenvalue weighted by Crippen LogP contribution is -2.05. The van der Waals surface area contributed by atoms with Crippen LogP contribution in [0.5, 0.6) is 0 Å². The maximum absolute atomic E-state index is 12.9. The minimum absolute atomic E-state index is 0.0323. The number of thioether (sulfide) groups is 1. The van der Waals surface area contributed by atoms with Crippen LogP contribution in [0.15, 0.2) is 23.1 Å². The fourth-order valence-corrected chi connectivity index (χ4v) is 2.12. The zero-order valence-electron chi connectivity index (χ0n) is 8.81. The molecule has 1 aromatic carbocycles. The monoisotopic (exact) mass is 244 g/mol. The van der Waals surface area contributed by atoms with Crippen LogP contribution in [-0.2, 0) is 0 Å². The molecule has 5 heteroatoms. The van der Waals surface area contributed by atoms with Crippen LogP contribution in [0.25, 0.3) is 0 Å². The molecule has 0 saturated heterocycles. The molecule has 0 saturated carbocycles. The number of rotatable bonds is 5. The lowest BCUT2D eigenvalue weighted by Gasteiger charge is -2.09. The summed E-state index contributed by atoms with van der Waals surface area (Å²) in [6.07, 6.45) is 0. The maximum atomic E-state index is 12.9. The van der Waals surface area contributed by atoms with Crippen LogP contribution in [0, 0.1) is 11.7 Å². The summed E-state index contributed by atoms with van der Waals surface area (Å²) < 4.78 is 12.9. The molecule has 0 amide bonds. The lowest BCUT2D eigenvalue weighted by molar-refractivity contribution is 0.0692. The number of hydrogen-bond donors (Lipinski definition) is 2. The number of benzene rings is 1. The van der Waals surface area contributed by atoms with Crippen LogP contribution in [0.4, 0.5) is 4.39 Å². The van der Waals surface area contributed by atoms with Gasteiger partial charge in [0.2, 0.25) is 0 Å². The van der Waals surface area contributed by atoms with E-state index in [9.17, 15) is 9.18 Å². The fraction of sp³-hybridized carbons (Fsp3) is 0.364. The molecule has 0 radical (unpaired) electrons. The van der Waals surface area contributed by atoms with Crippen molar-refractivity contribution in [2.75, 3.05) is 12.4 Å². The van der Waals surface area contributed by atoms with Gasteiger partial charge in [0.15, 0.2) is 0 Å². The Kier molecular flexibility index (Phi) is 4.76. The first-order chi connectivity index (χ1) is 7.54. The van der Waals surface area contributed by atoms with E-state index < -0.39 is 11.8 Å². The molecule has 0 fully saturated rings. The second kappa shape index (κ2) is 5.86. The smallest absolute Gasteiger partial charge is 0.336 e. The summed E-state index contributed by atoms with van der Waals surface area (Å²) in [6, 6.07) is 3.69. The molecule has 88 valence electrons. The Morgan fingerprint density at radius 3 is 2.81 bits per heavy atom. The SMILES string of the molecule is CC(CO)CSc1ccc(F)cc1C(=O)O. The van der Waals surface area contributed by atoms with E-state index >= 15 is 0 Å². The van der Waals surface area contributed by atoms with E-state index in [1.807, 2.05) is 6.92 Å². The van der Waals surface area contributed by atoms with Crippen molar-refractivity contribution in [2.45, 2.75) is 11.8 Å². The number of aliphatic hydroxyl groups is 1. The summed E-state index contributed by atoms with van der Waals surface area (Å²) in [5, 5.41) is 17.7. The largest absolute Gasteiger partial charge is 0.478 e. The first-order valence-corrected chi connectivity index (χ1v) is 5.79. The zero-order valence-corrected chi connectivity index (χ0v) is 9.63. The summed E-state index contributed by atoms with van der Waals surface area (Å²) >= 11 is 1.31. The molecule has 0 spiro atoms. The molecule has 2 N–H and O–H groups in total. The standard InChI is InChI=1S/C11H13FO3S/c1-7(5-13)6-16-10-3-2-8(12)4-9(10)11(14)15/h2-4,7,13H,5-6H2,1H3,(H,14,15). The van der Waals surface area contributed by atoms with E-state index in [1.165, 1.54) is 23.9 Å². The molecule has 1 atom stereocenters. The molecular formula is C11H13FO3S. The van der Waals surface area contributed by atoms with Gasteiger partial charge in [-0.2, -0.15) is 0 Å². The molecule has 3 nitrogen and oxygen atoms in total. The highest BCUT2D eigenvalue weighted by Crippen LogP contribution is 2.25. The number of aromatic carboxylic acids is 1. The Balaban J connectivity index is 2.82. The number of carbonyl (C=O) groups is 1. The third-order valence-electron chi connectivity index (χ3n) is 2.01. The average molecular weight is 244 g/mol. The van der Waals surface area contributed by atoms with Crippen molar-refractivity contribution in [3.05, 3.63) is 29.6 Å². The summed E-state index contributed by atoms with van der Waals surface area (Å²) in [7, 11) is 0. The van der Waals surface area contributed by atoms with Gasteiger partial charge in [-0.05, 0) is 24.1 Å². The van der Waals surface area contributed by atoms with E-state index in [0.717, 1.165) is 6.07 Å². The number of hydrogen-bond acceptors (Lipinski definition) is 3.